The molecule has 0 bridgehead atoms. The Balaban J connectivity index is 1.48. The number of ether oxygens (including phenoxy) is 1. The Bertz CT molecular complexity index is 1200. The van der Waals surface area contributed by atoms with Crippen LogP contribution >= 0.6 is 0 Å². The van der Waals surface area contributed by atoms with Crippen molar-refractivity contribution in [2.24, 2.45) is 5.73 Å². The normalized spacial score (nSPS) is 11.1. The van der Waals surface area contributed by atoms with Crippen LogP contribution in [0.3, 0.4) is 0 Å². The molecule has 0 atom stereocenters. The molecule has 31 heavy (non-hydrogen) atoms. The van der Waals surface area contributed by atoms with Crippen LogP contribution in [0.4, 0.5) is 8.78 Å². The van der Waals surface area contributed by atoms with Crippen molar-refractivity contribution in [3.8, 4) is 17.4 Å². The number of alkyl halides is 2. The number of primary amides is 1. The molecule has 12 heteroatoms. The molecule has 0 spiro atoms. The van der Waals surface area contributed by atoms with Gasteiger partial charge in [-0.1, -0.05) is 17.3 Å². The zero-order valence-corrected chi connectivity index (χ0v) is 16.2. The first kappa shape index (κ1) is 20.1. The predicted octanol–water partition coefficient (Wildman–Crippen LogP) is 2.17. The summed E-state index contributed by atoms with van der Waals surface area (Å²) in [7, 11) is 0. The number of nitrogens with two attached hydrogens (primary N) is 1. The van der Waals surface area contributed by atoms with Crippen LogP contribution < -0.4 is 10.5 Å². The van der Waals surface area contributed by atoms with Gasteiger partial charge in [0.15, 0.2) is 5.82 Å². The van der Waals surface area contributed by atoms with Gasteiger partial charge in [0.1, 0.15) is 24.3 Å². The molecule has 4 rings (SSSR count). The quantitative estimate of drug-likeness (QED) is 0.480. The molecule has 0 unspecified atom stereocenters. The average molecular weight is 426 g/mol. The summed E-state index contributed by atoms with van der Waals surface area (Å²) in [5.74, 6) is 0.0321. The molecule has 4 aromatic rings. The Morgan fingerprint density at radius 2 is 1.90 bits per heavy atom. The molecule has 0 aliphatic carbocycles. The number of amides is 1. The van der Waals surface area contributed by atoms with Crippen molar-refractivity contribution in [2.75, 3.05) is 0 Å². The molecule has 0 radical (unpaired) electrons. The SMILES string of the molecule is Cc1nnn(-c2ccc(C(F)F)cc2)c1COc1ccc(-n2cnc(C(N)=O)c2)nn1. The number of carbonyl (C=O) groups is 1. The van der Waals surface area contributed by atoms with Crippen LogP contribution in [0.1, 0.15) is 33.9 Å². The van der Waals surface area contributed by atoms with Crippen molar-refractivity contribution in [3.63, 3.8) is 0 Å². The van der Waals surface area contributed by atoms with E-state index in [-0.39, 0.29) is 23.7 Å². The fraction of sp³-hybridized carbons (Fsp3) is 0.158. The highest BCUT2D eigenvalue weighted by molar-refractivity contribution is 5.90. The molecule has 0 aliphatic rings. The van der Waals surface area contributed by atoms with Gasteiger partial charge < -0.3 is 10.5 Å². The van der Waals surface area contributed by atoms with E-state index in [1.54, 1.807) is 31.2 Å². The highest BCUT2D eigenvalue weighted by Crippen LogP contribution is 2.21. The van der Waals surface area contributed by atoms with Crippen molar-refractivity contribution >= 4 is 5.91 Å². The van der Waals surface area contributed by atoms with Crippen molar-refractivity contribution in [2.45, 2.75) is 20.0 Å². The number of hydrogen-bond donors (Lipinski definition) is 1. The van der Waals surface area contributed by atoms with E-state index in [1.807, 2.05) is 0 Å². The van der Waals surface area contributed by atoms with Gasteiger partial charge in [-0.3, -0.25) is 9.36 Å². The molecule has 0 saturated heterocycles. The van der Waals surface area contributed by atoms with Crippen LogP contribution in [0.15, 0.2) is 48.9 Å². The van der Waals surface area contributed by atoms with E-state index in [2.05, 4.69) is 25.5 Å². The zero-order valence-electron chi connectivity index (χ0n) is 16.2. The highest BCUT2D eigenvalue weighted by atomic mass is 19.3. The Morgan fingerprint density at radius 1 is 1.13 bits per heavy atom. The van der Waals surface area contributed by atoms with Crippen molar-refractivity contribution in [1.82, 2.24) is 34.7 Å². The molecule has 1 aromatic carbocycles. The first-order valence-corrected chi connectivity index (χ1v) is 9.02. The largest absolute Gasteiger partial charge is 0.470 e. The maximum Gasteiger partial charge on any atom is 0.268 e. The van der Waals surface area contributed by atoms with Crippen LogP contribution in [-0.2, 0) is 6.61 Å². The van der Waals surface area contributed by atoms with Crippen LogP contribution in [-0.4, -0.2) is 40.6 Å². The molecule has 1 amide bonds. The number of rotatable bonds is 7. The molecule has 2 N–H and O–H groups in total. The number of benzene rings is 1. The lowest BCUT2D eigenvalue weighted by molar-refractivity contribution is 0.0996. The summed E-state index contributed by atoms with van der Waals surface area (Å²) in [5, 5.41) is 16.1. The van der Waals surface area contributed by atoms with Gasteiger partial charge in [0.05, 0.1) is 11.4 Å². The number of nitrogens with zero attached hydrogens (tertiary/aromatic N) is 7. The monoisotopic (exact) mass is 426 g/mol. The Morgan fingerprint density at radius 3 is 2.52 bits per heavy atom. The smallest absolute Gasteiger partial charge is 0.268 e. The third-order valence-corrected chi connectivity index (χ3v) is 4.43. The summed E-state index contributed by atoms with van der Waals surface area (Å²) in [4.78, 5) is 15.0. The van der Waals surface area contributed by atoms with Crippen molar-refractivity contribution < 1.29 is 18.3 Å². The molecular weight excluding hydrogens is 410 g/mol. The summed E-state index contributed by atoms with van der Waals surface area (Å²) in [6, 6.07) is 9.00. The Labute approximate surface area is 174 Å². The fourth-order valence-corrected chi connectivity index (χ4v) is 2.76. The molecule has 0 saturated carbocycles. The van der Waals surface area contributed by atoms with Gasteiger partial charge in [-0.15, -0.1) is 15.3 Å². The van der Waals surface area contributed by atoms with Gasteiger partial charge in [0, 0.05) is 17.8 Å². The lowest BCUT2D eigenvalue weighted by Crippen LogP contribution is -2.11. The van der Waals surface area contributed by atoms with E-state index in [1.165, 1.54) is 33.9 Å². The van der Waals surface area contributed by atoms with Gasteiger partial charge in [-0.05, 0) is 25.1 Å². The summed E-state index contributed by atoms with van der Waals surface area (Å²) in [6.07, 6.45) is 0.303. The molecule has 3 aromatic heterocycles. The topological polar surface area (TPSA) is 127 Å². The van der Waals surface area contributed by atoms with E-state index < -0.39 is 12.3 Å². The van der Waals surface area contributed by atoms with Gasteiger partial charge in [0.2, 0.25) is 5.88 Å². The highest BCUT2D eigenvalue weighted by Gasteiger charge is 2.14. The van der Waals surface area contributed by atoms with Gasteiger partial charge in [0.25, 0.3) is 12.3 Å². The third-order valence-electron chi connectivity index (χ3n) is 4.43. The van der Waals surface area contributed by atoms with Gasteiger partial charge in [-0.25, -0.2) is 18.4 Å². The molecule has 158 valence electrons. The number of carbonyl (C=O) groups excluding carboxylic acids is 1. The van der Waals surface area contributed by atoms with E-state index in [4.69, 9.17) is 10.5 Å². The molecule has 0 fully saturated rings. The first-order chi connectivity index (χ1) is 14.9. The molecule has 0 aliphatic heterocycles. The lowest BCUT2D eigenvalue weighted by atomic mass is 10.2. The van der Waals surface area contributed by atoms with Crippen LogP contribution in [0.25, 0.3) is 11.5 Å². The second kappa shape index (κ2) is 8.26. The number of imidazole rings is 1. The zero-order chi connectivity index (χ0) is 22.0. The molecular formula is C19H16F2N8O2. The number of aryl methyl sites for hydroxylation is 1. The minimum atomic E-state index is -2.54. The van der Waals surface area contributed by atoms with Crippen LogP contribution in [0.2, 0.25) is 0 Å². The minimum Gasteiger partial charge on any atom is -0.470 e. The van der Waals surface area contributed by atoms with Crippen LogP contribution in [0, 0.1) is 6.92 Å². The summed E-state index contributed by atoms with van der Waals surface area (Å²) >= 11 is 0. The number of hydrogen-bond acceptors (Lipinski definition) is 7. The van der Waals surface area contributed by atoms with Crippen molar-refractivity contribution in [3.05, 3.63) is 71.6 Å². The Hall–Kier alpha value is -4.22. The lowest BCUT2D eigenvalue weighted by Gasteiger charge is -2.09. The second-order valence-electron chi connectivity index (χ2n) is 6.47. The van der Waals surface area contributed by atoms with E-state index >= 15 is 0 Å². The molecule has 3 heterocycles. The third kappa shape index (κ3) is 4.22. The number of halogens is 2. The van der Waals surface area contributed by atoms with Crippen LogP contribution in [0.5, 0.6) is 5.88 Å². The van der Waals surface area contributed by atoms with Crippen molar-refractivity contribution in [1.29, 1.82) is 0 Å². The maximum atomic E-state index is 12.8. The van der Waals surface area contributed by atoms with E-state index in [9.17, 15) is 13.6 Å². The Kier molecular flexibility index (Phi) is 5.35. The first-order valence-electron chi connectivity index (χ1n) is 9.02. The molecule has 10 nitrogen and oxygen atoms in total. The minimum absolute atomic E-state index is 0.0745. The second-order valence-corrected chi connectivity index (χ2v) is 6.47. The standard InChI is InChI=1S/C19H16F2N8O2/c1-11-15(29(27-24-11)13-4-2-12(3-5-13)18(20)21)9-31-17-7-6-16(25-26-17)28-8-14(19(22)30)23-10-28/h2-8,10,18H,9H2,1H3,(H2,22,30). The fourth-order valence-electron chi connectivity index (χ4n) is 2.76. The maximum absolute atomic E-state index is 12.8. The number of aromatic nitrogens is 7. The summed E-state index contributed by atoms with van der Waals surface area (Å²) in [5.41, 5.74) is 7.06. The summed E-state index contributed by atoms with van der Waals surface area (Å²) < 4.78 is 34.3. The predicted molar refractivity (Wildman–Crippen MR) is 103 cm³/mol. The van der Waals surface area contributed by atoms with Gasteiger partial charge in [-0.2, -0.15) is 0 Å². The average Bonchev–Trinajstić information content (AvgIpc) is 3.40. The van der Waals surface area contributed by atoms with E-state index in [0.29, 0.717) is 22.9 Å². The van der Waals surface area contributed by atoms with E-state index in [0.717, 1.165) is 0 Å². The summed E-state index contributed by atoms with van der Waals surface area (Å²) in [6.45, 7) is 1.85. The van der Waals surface area contributed by atoms with Gasteiger partial charge >= 0.3 is 0 Å².